The van der Waals surface area contributed by atoms with Crippen LogP contribution in [0.25, 0.3) is 5.69 Å². The quantitative estimate of drug-likeness (QED) is 0.436. The van der Waals surface area contributed by atoms with E-state index >= 15 is 0 Å². The predicted octanol–water partition coefficient (Wildman–Crippen LogP) is 5.69. The number of hydrogen-bond acceptors (Lipinski definition) is 5. The molecule has 0 fully saturated rings. The molecule has 0 N–H and O–H groups in total. The maximum Gasteiger partial charge on any atom is 0.435 e. The third-order valence-electron chi connectivity index (χ3n) is 7.55. The summed E-state index contributed by atoms with van der Waals surface area (Å²) in [5.41, 5.74) is 1.18. The smallest absolute Gasteiger partial charge is 0.435 e. The van der Waals surface area contributed by atoms with Gasteiger partial charge < -0.3 is 14.4 Å². The molecule has 1 unspecified atom stereocenters. The Balaban J connectivity index is 1.50. The molecule has 0 bridgehead atoms. The van der Waals surface area contributed by atoms with Crippen LogP contribution >= 0.6 is 0 Å². The van der Waals surface area contributed by atoms with Crippen LogP contribution in [0.2, 0.25) is 0 Å². The minimum absolute atomic E-state index is 0.0408. The molecule has 2 aliphatic heterocycles. The number of halogens is 3. The molecule has 0 aliphatic carbocycles. The zero-order valence-corrected chi connectivity index (χ0v) is 22.1. The standard InChI is InChI=1S/C28H31F3N4O3/c1-17(27(2,3)4)34-12-11-21-22(15-34)35(32-25(21)28(29,30)31)20-8-6-7-18(13-20)26(36)33(5)19-9-10-23-24(14-19)38-16-37-23/h6-10,13-14,17H,11-12,15-16H2,1-5H3. The molecule has 5 rings (SSSR count). The van der Waals surface area contributed by atoms with Crippen LogP contribution in [0.15, 0.2) is 42.5 Å². The van der Waals surface area contributed by atoms with E-state index < -0.39 is 11.9 Å². The van der Waals surface area contributed by atoms with Crippen LogP contribution < -0.4 is 14.4 Å². The molecule has 3 aromatic rings. The molecule has 2 aliphatic rings. The zero-order chi connectivity index (χ0) is 27.4. The van der Waals surface area contributed by atoms with Gasteiger partial charge in [-0.1, -0.05) is 26.8 Å². The molecule has 10 heteroatoms. The van der Waals surface area contributed by atoms with Crippen molar-refractivity contribution in [2.24, 2.45) is 5.41 Å². The molecule has 0 saturated heterocycles. The van der Waals surface area contributed by atoms with Gasteiger partial charge in [-0.2, -0.15) is 18.3 Å². The first-order valence-corrected chi connectivity index (χ1v) is 12.5. The lowest BCUT2D eigenvalue weighted by atomic mass is 9.85. The number of carbonyl (C=O) groups excluding carboxylic acids is 1. The van der Waals surface area contributed by atoms with Crippen LogP contribution in [0.5, 0.6) is 11.5 Å². The topological polar surface area (TPSA) is 59.8 Å². The summed E-state index contributed by atoms with van der Waals surface area (Å²) in [4.78, 5) is 17.0. The van der Waals surface area contributed by atoms with Crippen molar-refractivity contribution in [2.45, 2.75) is 52.9 Å². The highest BCUT2D eigenvalue weighted by molar-refractivity contribution is 6.06. The van der Waals surface area contributed by atoms with Crippen LogP contribution in [-0.4, -0.2) is 47.0 Å². The van der Waals surface area contributed by atoms with E-state index in [0.717, 1.165) is 0 Å². The van der Waals surface area contributed by atoms with Crippen LogP contribution in [0, 0.1) is 5.41 Å². The predicted molar refractivity (Wildman–Crippen MR) is 137 cm³/mol. The average Bonchev–Trinajstić information content (AvgIpc) is 3.50. The molecule has 3 heterocycles. The molecule has 0 saturated carbocycles. The van der Waals surface area contributed by atoms with Gasteiger partial charge in [0.1, 0.15) is 0 Å². The second-order valence-corrected chi connectivity index (χ2v) is 10.9. The normalized spacial score (nSPS) is 16.3. The van der Waals surface area contributed by atoms with Crippen LogP contribution in [0.1, 0.15) is 55.0 Å². The Morgan fingerprint density at radius 3 is 2.53 bits per heavy atom. The molecule has 202 valence electrons. The number of anilines is 1. The molecule has 0 radical (unpaired) electrons. The number of benzene rings is 2. The van der Waals surface area contributed by atoms with Gasteiger partial charge in [-0.15, -0.1) is 0 Å². The van der Waals surface area contributed by atoms with Gasteiger partial charge in [0.05, 0.1) is 11.4 Å². The molecular weight excluding hydrogens is 497 g/mol. The molecule has 1 aromatic heterocycles. The second-order valence-electron chi connectivity index (χ2n) is 10.9. The van der Waals surface area contributed by atoms with Crippen LogP contribution in [0.3, 0.4) is 0 Å². The Hall–Kier alpha value is -3.53. The van der Waals surface area contributed by atoms with Gasteiger partial charge in [0.15, 0.2) is 17.2 Å². The van der Waals surface area contributed by atoms with Gasteiger partial charge in [0.2, 0.25) is 6.79 Å². The number of hydrogen-bond donors (Lipinski definition) is 0. The van der Waals surface area contributed by atoms with Crippen molar-refractivity contribution in [3.63, 3.8) is 0 Å². The summed E-state index contributed by atoms with van der Waals surface area (Å²) >= 11 is 0. The first kappa shape index (κ1) is 26.1. The Morgan fingerprint density at radius 2 is 1.82 bits per heavy atom. The Kier molecular flexibility index (Phi) is 6.41. The van der Waals surface area contributed by atoms with Gasteiger partial charge in [-0.05, 0) is 49.1 Å². The fourth-order valence-corrected chi connectivity index (χ4v) is 4.93. The van der Waals surface area contributed by atoms with Gasteiger partial charge in [0.25, 0.3) is 5.91 Å². The van der Waals surface area contributed by atoms with Crippen molar-refractivity contribution >= 4 is 11.6 Å². The van der Waals surface area contributed by atoms with Crippen molar-refractivity contribution in [3.8, 4) is 17.2 Å². The second kappa shape index (κ2) is 9.34. The highest BCUT2D eigenvalue weighted by Crippen LogP contribution is 2.38. The number of nitrogens with zero attached hydrogens (tertiary/aromatic N) is 4. The number of rotatable bonds is 4. The Morgan fingerprint density at radius 1 is 1.08 bits per heavy atom. The number of alkyl halides is 3. The molecule has 38 heavy (non-hydrogen) atoms. The minimum Gasteiger partial charge on any atom is -0.454 e. The van der Waals surface area contributed by atoms with Crippen molar-refractivity contribution in [3.05, 3.63) is 65.0 Å². The maximum atomic E-state index is 14.0. The number of fused-ring (bicyclic) bond motifs is 2. The van der Waals surface area contributed by atoms with Gasteiger partial charge >= 0.3 is 6.18 Å². The number of amides is 1. The fraction of sp³-hybridized carbons (Fsp3) is 0.429. The number of aromatic nitrogens is 2. The van der Waals surface area contributed by atoms with Crippen molar-refractivity contribution < 1.29 is 27.4 Å². The van der Waals surface area contributed by atoms with Gasteiger partial charge in [0, 0.05) is 49.1 Å². The van der Waals surface area contributed by atoms with E-state index in [-0.39, 0.29) is 36.1 Å². The first-order chi connectivity index (χ1) is 17.8. The third kappa shape index (κ3) is 4.73. The molecule has 1 atom stereocenters. The zero-order valence-electron chi connectivity index (χ0n) is 22.1. The van der Waals surface area contributed by atoms with E-state index in [1.807, 2.05) is 0 Å². The van der Waals surface area contributed by atoms with E-state index in [0.29, 0.717) is 47.2 Å². The fourth-order valence-electron chi connectivity index (χ4n) is 4.93. The number of carbonyl (C=O) groups is 1. The highest BCUT2D eigenvalue weighted by Gasteiger charge is 2.41. The number of ether oxygens (including phenoxy) is 2. The van der Waals surface area contributed by atoms with Crippen LogP contribution in [0.4, 0.5) is 18.9 Å². The lowest BCUT2D eigenvalue weighted by Crippen LogP contribution is -2.44. The van der Waals surface area contributed by atoms with E-state index in [1.165, 1.54) is 9.58 Å². The SMILES string of the molecule is CC(N1CCc2c(C(F)(F)F)nn(-c3cccc(C(=O)N(C)c4ccc5c(c4)OCO5)c3)c2C1)C(C)(C)C. The van der Waals surface area contributed by atoms with E-state index in [1.54, 1.807) is 49.5 Å². The summed E-state index contributed by atoms with van der Waals surface area (Å²) in [6, 6.07) is 11.9. The van der Waals surface area contributed by atoms with Gasteiger partial charge in [-0.3, -0.25) is 9.69 Å². The van der Waals surface area contributed by atoms with E-state index in [4.69, 9.17) is 9.47 Å². The lowest BCUT2D eigenvalue weighted by molar-refractivity contribution is -0.142. The minimum atomic E-state index is -4.57. The first-order valence-electron chi connectivity index (χ1n) is 12.5. The largest absolute Gasteiger partial charge is 0.454 e. The maximum absolute atomic E-state index is 14.0. The summed E-state index contributed by atoms with van der Waals surface area (Å²) in [6.45, 7) is 9.46. The highest BCUT2D eigenvalue weighted by atomic mass is 19.4. The monoisotopic (exact) mass is 528 g/mol. The summed E-state index contributed by atoms with van der Waals surface area (Å²) in [7, 11) is 1.63. The molecule has 7 nitrogen and oxygen atoms in total. The lowest BCUT2D eigenvalue weighted by Gasteiger charge is -2.40. The molecule has 1 amide bonds. The van der Waals surface area contributed by atoms with E-state index in [9.17, 15) is 18.0 Å². The molecule has 2 aromatic carbocycles. The summed E-state index contributed by atoms with van der Waals surface area (Å²) in [5, 5.41) is 4.04. The molecular formula is C28H31F3N4O3. The summed E-state index contributed by atoms with van der Waals surface area (Å²) < 4.78 is 54.0. The molecule has 0 spiro atoms. The van der Waals surface area contributed by atoms with Crippen molar-refractivity contribution in [1.29, 1.82) is 0 Å². The summed E-state index contributed by atoms with van der Waals surface area (Å²) in [6.07, 6.45) is -4.31. The Labute approximate surface area is 219 Å². The third-order valence-corrected chi connectivity index (χ3v) is 7.55. The van der Waals surface area contributed by atoms with Crippen LogP contribution in [-0.2, 0) is 19.1 Å². The average molecular weight is 529 g/mol. The van der Waals surface area contributed by atoms with Crippen molar-refractivity contribution in [2.75, 3.05) is 25.3 Å². The van der Waals surface area contributed by atoms with Gasteiger partial charge in [-0.25, -0.2) is 4.68 Å². The summed E-state index contributed by atoms with van der Waals surface area (Å²) in [5.74, 6) is 0.842. The van der Waals surface area contributed by atoms with E-state index in [2.05, 4.69) is 37.7 Å². The van der Waals surface area contributed by atoms with Crippen molar-refractivity contribution in [1.82, 2.24) is 14.7 Å². The Bertz CT molecular complexity index is 1380.